The van der Waals surface area contributed by atoms with E-state index in [-0.39, 0.29) is 16.7 Å². The van der Waals surface area contributed by atoms with Gasteiger partial charge in [0.25, 0.3) is 0 Å². The van der Waals surface area contributed by atoms with Gasteiger partial charge in [0, 0.05) is 6.07 Å². The molecule has 0 radical (unpaired) electrons. The summed E-state index contributed by atoms with van der Waals surface area (Å²) in [7, 11) is 1.33. The molecule has 3 aromatic rings. The van der Waals surface area contributed by atoms with E-state index in [1.165, 1.54) is 19.4 Å². The molecule has 2 heterocycles. The smallest absolute Gasteiger partial charge is 0.419 e. The van der Waals surface area contributed by atoms with Gasteiger partial charge in [-0.2, -0.15) is 0 Å². The van der Waals surface area contributed by atoms with Gasteiger partial charge in [0.1, 0.15) is 22.3 Å². The number of rotatable bonds is 2. The van der Waals surface area contributed by atoms with Crippen molar-refractivity contribution in [3.05, 3.63) is 38.9 Å². The Morgan fingerprint density at radius 1 is 1.40 bits per heavy atom. The van der Waals surface area contributed by atoms with Crippen LogP contribution in [0, 0.1) is 10.1 Å². The number of hydrogen-bond donors (Lipinski definition) is 1. The first kappa shape index (κ1) is 12.0. The van der Waals surface area contributed by atoms with E-state index in [2.05, 4.69) is 0 Å². The number of methoxy groups -OCH3 is 1. The van der Waals surface area contributed by atoms with Crippen molar-refractivity contribution in [3.8, 4) is 11.5 Å². The molecule has 0 aliphatic heterocycles. The first-order valence-electron chi connectivity index (χ1n) is 5.43. The molecule has 0 bridgehead atoms. The van der Waals surface area contributed by atoms with Gasteiger partial charge >= 0.3 is 11.3 Å². The van der Waals surface area contributed by atoms with E-state index in [0.29, 0.717) is 11.0 Å². The van der Waals surface area contributed by atoms with Gasteiger partial charge in [-0.05, 0) is 6.07 Å². The van der Waals surface area contributed by atoms with Gasteiger partial charge in [-0.3, -0.25) is 10.1 Å². The number of furan rings is 1. The molecule has 0 atom stereocenters. The summed E-state index contributed by atoms with van der Waals surface area (Å²) in [6, 6.07) is 2.93. The van der Waals surface area contributed by atoms with Crippen LogP contribution in [0.25, 0.3) is 21.9 Å². The Labute approximate surface area is 109 Å². The van der Waals surface area contributed by atoms with Crippen LogP contribution in [0.4, 0.5) is 5.69 Å². The Morgan fingerprint density at radius 2 is 2.15 bits per heavy atom. The van der Waals surface area contributed by atoms with Crippen LogP contribution >= 0.6 is 0 Å². The number of ether oxygens (including phenoxy) is 1. The van der Waals surface area contributed by atoms with Crippen LogP contribution in [0.15, 0.2) is 32.0 Å². The summed E-state index contributed by atoms with van der Waals surface area (Å²) in [5, 5.41) is 21.3. The number of hydrogen-bond acceptors (Lipinski definition) is 7. The van der Waals surface area contributed by atoms with Crippen LogP contribution in [-0.2, 0) is 0 Å². The van der Waals surface area contributed by atoms with E-state index in [1.807, 2.05) is 0 Å². The molecule has 0 aliphatic rings. The van der Waals surface area contributed by atoms with Gasteiger partial charge in [0.2, 0.25) is 5.75 Å². The molecule has 0 amide bonds. The number of aromatic hydroxyl groups is 1. The number of nitrogens with zero attached hydrogens (tertiary/aromatic N) is 1. The molecule has 20 heavy (non-hydrogen) atoms. The predicted octanol–water partition coefficient (Wildman–Crippen LogP) is 2.16. The van der Waals surface area contributed by atoms with Crippen molar-refractivity contribution in [1.82, 2.24) is 0 Å². The Balaban J connectivity index is 2.61. The summed E-state index contributed by atoms with van der Waals surface area (Å²) >= 11 is 0. The molecule has 0 saturated heterocycles. The second-order valence-corrected chi connectivity index (χ2v) is 3.96. The van der Waals surface area contributed by atoms with Crippen molar-refractivity contribution in [3.63, 3.8) is 0 Å². The van der Waals surface area contributed by atoms with Crippen LogP contribution in [0.3, 0.4) is 0 Å². The van der Waals surface area contributed by atoms with Crippen molar-refractivity contribution in [2.24, 2.45) is 0 Å². The molecule has 0 spiro atoms. The fraction of sp³-hybridized carbons (Fsp3) is 0.0833. The topological polar surface area (TPSA) is 116 Å². The minimum atomic E-state index is -1.24. The van der Waals surface area contributed by atoms with E-state index >= 15 is 0 Å². The lowest BCUT2D eigenvalue weighted by molar-refractivity contribution is -0.388. The third-order valence-electron chi connectivity index (χ3n) is 2.92. The summed E-state index contributed by atoms with van der Waals surface area (Å²) in [5.41, 5.74) is -1.96. The zero-order chi connectivity index (χ0) is 14.4. The highest BCUT2D eigenvalue weighted by Crippen LogP contribution is 2.42. The van der Waals surface area contributed by atoms with E-state index < -0.39 is 22.0 Å². The van der Waals surface area contributed by atoms with Crippen LogP contribution < -0.4 is 10.4 Å². The predicted molar refractivity (Wildman–Crippen MR) is 67.1 cm³/mol. The number of fused-ring (bicyclic) bond motifs is 2. The van der Waals surface area contributed by atoms with Crippen LogP contribution in [0.1, 0.15) is 0 Å². The second-order valence-electron chi connectivity index (χ2n) is 3.96. The monoisotopic (exact) mass is 277 g/mol. The average Bonchev–Trinajstić information content (AvgIpc) is 2.83. The minimum Gasteiger partial charge on any atom is -0.501 e. The van der Waals surface area contributed by atoms with Gasteiger partial charge in [-0.25, -0.2) is 4.79 Å². The standard InChI is InChI=1S/C12H7NO7/c1-18-11-5-2-3-19-6(5)4-7-8(11)10(14)9(13(16)17)12(15)20-7/h2-4,14H,1H3. The van der Waals surface area contributed by atoms with E-state index in [0.717, 1.165) is 0 Å². The van der Waals surface area contributed by atoms with Gasteiger partial charge in [0.05, 0.1) is 23.7 Å². The first-order chi connectivity index (χ1) is 9.54. The van der Waals surface area contributed by atoms with Gasteiger partial charge in [-0.1, -0.05) is 0 Å². The number of nitro groups is 1. The number of benzene rings is 1. The zero-order valence-corrected chi connectivity index (χ0v) is 10.1. The molecule has 2 aromatic heterocycles. The third-order valence-corrected chi connectivity index (χ3v) is 2.92. The molecule has 1 aromatic carbocycles. The Kier molecular flexibility index (Phi) is 2.40. The largest absolute Gasteiger partial charge is 0.501 e. The first-order valence-corrected chi connectivity index (χ1v) is 5.43. The Morgan fingerprint density at radius 3 is 2.80 bits per heavy atom. The maximum Gasteiger partial charge on any atom is 0.419 e. The van der Waals surface area contributed by atoms with Gasteiger partial charge in [-0.15, -0.1) is 0 Å². The maximum atomic E-state index is 11.5. The van der Waals surface area contributed by atoms with Crippen molar-refractivity contribution < 1.29 is 23.6 Å². The van der Waals surface area contributed by atoms with E-state index in [1.54, 1.807) is 6.07 Å². The Hall–Kier alpha value is -3.03. The van der Waals surface area contributed by atoms with Crippen LogP contribution in [-0.4, -0.2) is 17.1 Å². The van der Waals surface area contributed by atoms with E-state index in [9.17, 15) is 20.0 Å². The van der Waals surface area contributed by atoms with Gasteiger partial charge in [0.15, 0.2) is 0 Å². The Bertz CT molecular complexity index is 905. The van der Waals surface area contributed by atoms with Crippen molar-refractivity contribution in [1.29, 1.82) is 0 Å². The summed E-state index contributed by atoms with van der Waals surface area (Å²) in [5.74, 6) is -0.656. The molecule has 3 rings (SSSR count). The molecule has 8 heteroatoms. The molecule has 0 saturated carbocycles. The van der Waals surface area contributed by atoms with E-state index in [4.69, 9.17) is 13.6 Å². The highest BCUT2D eigenvalue weighted by molar-refractivity contribution is 6.04. The summed E-state index contributed by atoms with van der Waals surface area (Å²) in [4.78, 5) is 21.4. The van der Waals surface area contributed by atoms with Crippen LogP contribution in [0.5, 0.6) is 11.5 Å². The lowest BCUT2D eigenvalue weighted by Crippen LogP contribution is -2.07. The summed E-state index contributed by atoms with van der Waals surface area (Å²) < 4.78 is 15.2. The van der Waals surface area contributed by atoms with Crippen LogP contribution in [0.2, 0.25) is 0 Å². The lowest BCUT2D eigenvalue weighted by atomic mass is 10.1. The summed E-state index contributed by atoms with van der Waals surface area (Å²) in [6.45, 7) is 0. The molecule has 8 nitrogen and oxygen atoms in total. The zero-order valence-electron chi connectivity index (χ0n) is 10.1. The lowest BCUT2D eigenvalue weighted by Gasteiger charge is -2.07. The third kappa shape index (κ3) is 1.44. The van der Waals surface area contributed by atoms with Crippen molar-refractivity contribution in [2.45, 2.75) is 0 Å². The SMILES string of the molecule is COc1c2ccoc2cc2oc(=O)c([N+](=O)[O-])c(O)c12. The quantitative estimate of drug-likeness (QED) is 0.433. The highest BCUT2D eigenvalue weighted by Gasteiger charge is 2.28. The molecule has 0 unspecified atom stereocenters. The molecule has 102 valence electrons. The molecule has 0 aliphatic carbocycles. The molecule has 0 fully saturated rings. The fourth-order valence-electron chi connectivity index (χ4n) is 2.10. The molecule has 1 N–H and O–H groups in total. The maximum absolute atomic E-state index is 11.5. The average molecular weight is 277 g/mol. The minimum absolute atomic E-state index is 0.0484. The summed E-state index contributed by atoms with van der Waals surface area (Å²) in [6.07, 6.45) is 1.38. The van der Waals surface area contributed by atoms with Gasteiger partial charge < -0.3 is 18.7 Å². The second kappa shape index (κ2) is 3.98. The highest BCUT2D eigenvalue weighted by atomic mass is 16.6. The van der Waals surface area contributed by atoms with Crippen molar-refractivity contribution in [2.75, 3.05) is 7.11 Å². The molecular weight excluding hydrogens is 270 g/mol. The van der Waals surface area contributed by atoms with Crippen molar-refractivity contribution >= 4 is 27.6 Å². The fourth-order valence-corrected chi connectivity index (χ4v) is 2.10. The normalized spacial score (nSPS) is 11.1. The molecular formula is C12H7NO7.